The Hall–Kier alpha value is -3.85. The third-order valence-corrected chi connectivity index (χ3v) is 6.75. The largest absolute Gasteiger partial charge is 0.468 e. The van der Waals surface area contributed by atoms with E-state index in [1.165, 1.54) is 0 Å². The van der Waals surface area contributed by atoms with E-state index in [1.54, 1.807) is 6.07 Å². The lowest BCUT2D eigenvalue weighted by Crippen LogP contribution is -2.37. The zero-order valence-corrected chi connectivity index (χ0v) is 18.7. The summed E-state index contributed by atoms with van der Waals surface area (Å²) in [7, 11) is -3.15. The van der Waals surface area contributed by atoms with Gasteiger partial charge in [0.15, 0.2) is 0 Å². The van der Waals surface area contributed by atoms with Crippen LogP contribution < -0.4 is 4.31 Å². The third-order valence-electron chi connectivity index (χ3n) is 5.01. The van der Waals surface area contributed by atoms with Crippen LogP contribution in [-0.4, -0.2) is 38.0 Å². The first-order valence-corrected chi connectivity index (χ1v) is 11.4. The highest BCUT2D eigenvalue weighted by atomic mass is 32.2. The van der Waals surface area contributed by atoms with Crippen molar-refractivity contribution in [2.45, 2.75) is 11.8 Å². The van der Waals surface area contributed by atoms with Crippen molar-refractivity contribution < 1.29 is 22.3 Å². The first kappa shape index (κ1) is 22.3. The van der Waals surface area contributed by atoms with Crippen molar-refractivity contribution in [1.82, 2.24) is 9.97 Å². The van der Waals surface area contributed by atoms with Crippen LogP contribution in [0.2, 0.25) is 0 Å². The highest BCUT2D eigenvalue weighted by Crippen LogP contribution is 2.31. The van der Waals surface area contributed by atoms with Crippen LogP contribution in [0.4, 0.5) is 10.3 Å². The molecular weight excluding hydrogens is 445 g/mol. The van der Waals surface area contributed by atoms with Crippen molar-refractivity contribution in [1.29, 1.82) is 0 Å². The molecule has 1 heterocycles. The number of sulfonamides is 1. The van der Waals surface area contributed by atoms with Gasteiger partial charge in [-0.3, -0.25) is 4.79 Å². The predicted molar refractivity (Wildman–Crippen MR) is 123 cm³/mol. The zero-order valence-electron chi connectivity index (χ0n) is 17.9. The molecule has 0 aliphatic heterocycles. The highest BCUT2D eigenvalue weighted by Gasteiger charge is 2.30. The molecule has 0 aliphatic carbocycles. The number of esters is 1. The molecular formula is C24H20FN3O4S. The molecule has 0 spiro atoms. The topological polar surface area (TPSA) is 89.5 Å². The van der Waals surface area contributed by atoms with Gasteiger partial charge in [-0.15, -0.1) is 0 Å². The Bertz CT molecular complexity index is 1430. The number of halogens is 1. The Kier molecular flexibility index (Phi) is 6.06. The number of hydrogen-bond acceptors (Lipinski definition) is 6. The number of fused-ring (bicyclic) bond motifs is 1. The molecule has 0 N–H and O–H groups in total. The van der Waals surface area contributed by atoms with Gasteiger partial charge >= 0.3 is 5.97 Å². The number of nitrogens with zero attached hydrogens (tertiary/aromatic N) is 3. The first-order chi connectivity index (χ1) is 15.8. The molecule has 168 valence electrons. The van der Waals surface area contributed by atoms with E-state index in [4.69, 9.17) is 4.74 Å². The molecule has 0 unspecified atom stereocenters. The summed E-state index contributed by atoms with van der Waals surface area (Å²) in [6.07, 6.45) is 0. The minimum Gasteiger partial charge on any atom is -0.468 e. The second-order valence-electron chi connectivity index (χ2n) is 7.30. The number of methoxy groups -OCH3 is 1. The minimum atomic E-state index is -4.31. The molecule has 0 amide bonds. The SMILES string of the molecule is COC(=O)CN(c1nc(-c2ccccc2)c2cc(C)ccc2n1)S(=O)(=O)c1ccc(F)cc1. The van der Waals surface area contributed by atoms with Crippen LogP contribution in [0.1, 0.15) is 5.56 Å². The average Bonchev–Trinajstić information content (AvgIpc) is 2.82. The minimum absolute atomic E-state index is 0.195. The molecule has 0 bridgehead atoms. The average molecular weight is 466 g/mol. The Labute approximate surface area is 190 Å². The molecule has 7 nitrogen and oxygen atoms in total. The number of carbonyl (C=O) groups excluding carboxylic acids is 1. The Balaban J connectivity index is 1.96. The molecule has 0 saturated heterocycles. The standard InChI is InChI=1S/C24H20FN3O4S/c1-16-8-13-21-20(14-16)23(17-6-4-3-5-7-17)27-24(26-21)28(15-22(29)32-2)33(30,31)19-11-9-18(25)10-12-19/h3-14H,15H2,1-2H3. The summed E-state index contributed by atoms with van der Waals surface area (Å²) in [6.45, 7) is 1.28. The summed E-state index contributed by atoms with van der Waals surface area (Å²) >= 11 is 0. The van der Waals surface area contributed by atoms with Gasteiger partial charge in [0.2, 0.25) is 5.95 Å². The van der Waals surface area contributed by atoms with Gasteiger partial charge in [-0.25, -0.2) is 27.1 Å². The molecule has 0 atom stereocenters. The number of aromatic nitrogens is 2. The van der Waals surface area contributed by atoms with Crippen LogP contribution in [0.3, 0.4) is 0 Å². The Morgan fingerprint density at radius 1 is 1.00 bits per heavy atom. The van der Waals surface area contributed by atoms with Crippen LogP contribution in [0.25, 0.3) is 22.2 Å². The lowest BCUT2D eigenvalue weighted by atomic mass is 10.0. The fourth-order valence-electron chi connectivity index (χ4n) is 3.34. The summed E-state index contributed by atoms with van der Waals surface area (Å²) in [5, 5.41) is 0.738. The molecule has 0 fully saturated rings. The second kappa shape index (κ2) is 8.95. The molecule has 4 rings (SSSR count). The molecule has 0 aliphatic rings. The van der Waals surface area contributed by atoms with Crippen LogP contribution >= 0.6 is 0 Å². The van der Waals surface area contributed by atoms with E-state index in [9.17, 15) is 17.6 Å². The van der Waals surface area contributed by atoms with Gasteiger partial charge in [0.25, 0.3) is 10.0 Å². The lowest BCUT2D eigenvalue weighted by molar-refractivity contribution is -0.138. The predicted octanol–water partition coefficient (Wildman–Crippen LogP) is 4.11. The van der Waals surface area contributed by atoms with Crippen molar-refractivity contribution in [2.75, 3.05) is 18.0 Å². The number of ether oxygens (including phenoxy) is 1. The van der Waals surface area contributed by atoms with E-state index in [0.717, 1.165) is 52.2 Å². The van der Waals surface area contributed by atoms with Gasteiger partial charge < -0.3 is 4.74 Å². The van der Waals surface area contributed by atoms with Gasteiger partial charge in [0.05, 0.1) is 23.2 Å². The fraction of sp³-hybridized carbons (Fsp3) is 0.125. The first-order valence-electron chi connectivity index (χ1n) is 9.98. The summed E-state index contributed by atoms with van der Waals surface area (Å²) in [6, 6.07) is 19.1. The summed E-state index contributed by atoms with van der Waals surface area (Å²) in [4.78, 5) is 21.0. The van der Waals surface area contributed by atoms with E-state index in [1.807, 2.05) is 49.4 Å². The van der Waals surface area contributed by atoms with Gasteiger partial charge in [-0.1, -0.05) is 42.0 Å². The Morgan fingerprint density at radius 3 is 2.36 bits per heavy atom. The van der Waals surface area contributed by atoms with Crippen LogP contribution in [0, 0.1) is 12.7 Å². The van der Waals surface area contributed by atoms with Crippen LogP contribution in [0.15, 0.2) is 77.7 Å². The number of rotatable bonds is 6. The molecule has 0 radical (unpaired) electrons. The maximum absolute atomic E-state index is 13.4. The van der Waals surface area contributed by atoms with Crippen LogP contribution in [0.5, 0.6) is 0 Å². The number of aryl methyl sites for hydroxylation is 1. The number of carbonyl (C=O) groups is 1. The fourth-order valence-corrected chi connectivity index (χ4v) is 4.64. The van der Waals surface area contributed by atoms with Crippen molar-refractivity contribution >= 4 is 32.8 Å². The smallest absolute Gasteiger partial charge is 0.326 e. The van der Waals surface area contributed by atoms with E-state index < -0.39 is 28.4 Å². The molecule has 4 aromatic rings. The monoisotopic (exact) mass is 465 g/mol. The molecule has 0 saturated carbocycles. The van der Waals surface area contributed by atoms with E-state index >= 15 is 0 Å². The Morgan fingerprint density at radius 2 is 1.70 bits per heavy atom. The van der Waals surface area contributed by atoms with Crippen molar-refractivity contribution in [3.63, 3.8) is 0 Å². The van der Waals surface area contributed by atoms with Crippen molar-refractivity contribution in [2.24, 2.45) is 0 Å². The van der Waals surface area contributed by atoms with Gasteiger partial charge in [-0.05, 0) is 43.3 Å². The molecule has 3 aromatic carbocycles. The normalized spacial score (nSPS) is 11.4. The molecule has 9 heteroatoms. The molecule has 1 aromatic heterocycles. The number of benzene rings is 3. The molecule has 33 heavy (non-hydrogen) atoms. The second-order valence-corrected chi connectivity index (χ2v) is 9.16. The van der Waals surface area contributed by atoms with Gasteiger partial charge in [-0.2, -0.15) is 0 Å². The lowest BCUT2D eigenvalue weighted by Gasteiger charge is -2.22. The summed E-state index contributed by atoms with van der Waals surface area (Å²) in [5.41, 5.74) is 2.77. The quantitative estimate of drug-likeness (QED) is 0.398. The van der Waals surface area contributed by atoms with Crippen molar-refractivity contribution in [3.8, 4) is 11.3 Å². The van der Waals surface area contributed by atoms with Crippen LogP contribution in [-0.2, 0) is 19.6 Å². The number of anilines is 1. The van der Waals surface area contributed by atoms with E-state index in [0.29, 0.717) is 11.2 Å². The third kappa shape index (κ3) is 4.54. The number of hydrogen-bond donors (Lipinski definition) is 0. The van der Waals surface area contributed by atoms with E-state index in [2.05, 4.69) is 9.97 Å². The summed E-state index contributed by atoms with van der Waals surface area (Å²) in [5.74, 6) is -1.58. The highest BCUT2D eigenvalue weighted by molar-refractivity contribution is 7.92. The summed E-state index contributed by atoms with van der Waals surface area (Å²) < 4.78 is 45.8. The maximum Gasteiger partial charge on any atom is 0.326 e. The van der Waals surface area contributed by atoms with E-state index in [-0.39, 0.29) is 10.8 Å². The van der Waals surface area contributed by atoms with Gasteiger partial charge in [0.1, 0.15) is 12.4 Å². The van der Waals surface area contributed by atoms with Gasteiger partial charge in [0, 0.05) is 10.9 Å². The zero-order chi connectivity index (χ0) is 23.6. The maximum atomic E-state index is 13.4. The van der Waals surface area contributed by atoms with Crippen molar-refractivity contribution in [3.05, 3.63) is 84.2 Å².